The molecule has 0 bridgehead atoms. The van der Waals surface area contributed by atoms with E-state index in [4.69, 9.17) is 0 Å². The van der Waals surface area contributed by atoms with E-state index in [1.54, 1.807) is 0 Å². The molecule has 0 amide bonds. The molecule has 0 saturated heterocycles. The van der Waals surface area contributed by atoms with E-state index in [0.717, 1.165) is 44.6 Å². The molecule has 0 atom stereocenters. The first-order valence-electron chi connectivity index (χ1n) is 9.00. The number of hydrogen-bond donors (Lipinski definition) is 1. The zero-order valence-electron chi connectivity index (χ0n) is 15.0. The van der Waals surface area contributed by atoms with Crippen LogP contribution in [-0.2, 0) is 13.0 Å². The molecule has 0 spiro atoms. The first kappa shape index (κ1) is 19.5. The van der Waals surface area contributed by atoms with Crippen LogP contribution < -0.4 is 5.32 Å². The molecular formula is C19H31IN4. The molecule has 1 aliphatic heterocycles. The normalized spacial score (nSPS) is 18.5. The van der Waals surface area contributed by atoms with Crippen molar-refractivity contribution in [2.24, 2.45) is 4.99 Å². The van der Waals surface area contributed by atoms with E-state index in [1.807, 2.05) is 7.05 Å². The number of likely N-dealkylation sites (N-methyl/N-ethyl adjacent to an activating group) is 1. The maximum Gasteiger partial charge on any atom is 0.194 e. The summed E-state index contributed by atoms with van der Waals surface area (Å²) in [7, 11) is 4.15. The second kappa shape index (κ2) is 9.61. The van der Waals surface area contributed by atoms with E-state index in [-0.39, 0.29) is 24.0 Å². The van der Waals surface area contributed by atoms with Crippen molar-refractivity contribution in [1.82, 2.24) is 15.1 Å². The van der Waals surface area contributed by atoms with Crippen LogP contribution in [0.1, 0.15) is 36.8 Å². The molecule has 1 aromatic rings. The summed E-state index contributed by atoms with van der Waals surface area (Å²) in [6.07, 6.45) is 6.65. The van der Waals surface area contributed by atoms with Gasteiger partial charge in [0.2, 0.25) is 0 Å². The molecule has 5 heteroatoms. The van der Waals surface area contributed by atoms with Gasteiger partial charge in [-0.2, -0.15) is 0 Å². The molecule has 1 N–H and O–H groups in total. The molecule has 1 fully saturated rings. The molecular weight excluding hydrogens is 411 g/mol. The summed E-state index contributed by atoms with van der Waals surface area (Å²) in [6, 6.07) is 9.55. The zero-order chi connectivity index (χ0) is 16.1. The number of hydrogen-bond acceptors (Lipinski definition) is 2. The number of nitrogens with one attached hydrogen (secondary N) is 1. The van der Waals surface area contributed by atoms with Crippen molar-refractivity contribution in [3.05, 3.63) is 35.4 Å². The van der Waals surface area contributed by atoms with Gasteiger partial charge in [-0.3, -0.25) is 4.99 Å². The third kappa shape index (κ3) is 4.85. The lowest BCUT2D eigenvalue weighted by Gasteiger charge is -2.32. The number of nitrogens with zero attached hydrogens (tertiary/aromatic N) is 3. The van der Waals surface area contributed by atoms with Crippen molar-refractivity contribution < 1.29 is 0 Å². The van der Waals surface area contributed by atoms with Gasteiger partial charge in [-0.1, -0.05) is 37.1 Å². The van der Waals surface area contributed by atoms with Crippen molar-refractivity contribution >= 4 is 29.9 Å². The van der Waals surface area contributed by atoms with Gasteiger partial charge >= 0.3 is 0 Å². The quantitative estimate of drug-likeness (QED) is 0.442. The van der Waals surface area contributed by atoms with Gasteiger partial charge in [0, 0.05) is 39.3 Å². The van der Waals surface area contributed by atoms with Crippen LogP contribution in [0.3, 0.4) is 0 Å². The molecule has 24 heavy (non-hydrogen) atoms. The van der Waals surface area contributed by atoms with Crippen molar-refractivity contribution in [2.75, 3.05) is 33.7 Å². The fourth-order valence-corrected chi connectivity index (χ4v) is 3.88. The highest BCUT2D eigenvalue weighted by atomic mass is 127. The maximum atomic E-state index is 4.49. The second-order valence-electron chi connectivity index (χ2n) is 6.83. The molecule has 1 aliphatic carbocycles. The summed E-state index contributed by atoms with van der Waals surface area (Å²) < 4.78 is 0. The summed E-state index contributed by atoms with van der Waals surface area (Å²) in [6.45, 7) is 4.08. The molecule has 3 rings (SSSR count). The highest BCUT2D eigenvalue weighted by molar-refractivity contribution is 14.0. The Bertz CT molecular complexity index is 540. The van der Waals surface area contributed by atoms with Gasteiger partial charge in [-0.25, -0.2) is 0 Å². The Kier molecular flexibility index (Phi) is 7.81. The average Bonchev–Trinajstić information content (AvgIpc) is 3.13. The predicted octanol–water partition coefficient (Wildman–Crippen LogP) is 3.11. The van der Waals surface area contributed by atoms with Gasteiger partial charge in [0.1, 0.15) is 0 Å². The van der Waals surface area contributed by atoms with Crippen molar-refractivity contribution in [1.29, 1.82) is 0 Å². The van der Waals surface area contributed by atoms with Crippen molar-refractivity contribution in [3.63, 3.8) is 0 Å². The first-order chi connectivity index (χ1) is 11.3. The van der Waals surface area contributed by atoms with Crippen LogP contribution in [0.4, 0.5) is 0 Å². The van der Waals surface area contributed by atoms with Crippen LogP contribution in [-0.4, -0.2) is 55.5 Å². The largest absolute Gasteiger partial charge is 0.355 e. The number of guanidine groups is 1. The zero-order valence-corrected chi connectivity index (χ0v) is 17.3. The molecule has 0 radical (unpaired) electrons. The molecule has 134 valence electrons. The minimum atomic E-state index is 0. The number of halogens is 1. The number of aliphatic imine (C=N–C) groups is 1. The minimum Gasteiger partial charge on any atom is -0.355 e. The van der Waals surface area contributed by atoms with E-state index >= 15 is 0 Å². The van der Waals surface area contributed by atoms with Crippen LogP contribution in [0.2, 0.25) is 0 Å². The molecule has 1 aromatic carbocycles. The van der Waals surface area contributed by atoms with Gasteiger partial charge in [0.05, 0.1) is 0 Å². The Morgan fingerprint density at radius 3 is 2.67 bits per heavy atom. The lowest BCUT2D eigenvalue weighted by Crippen LogP contribution is -2.46. The fourth-order valence-electron chi connectivity index (χ4n) is 3.88. The SMILES string of the molecule is CN=C(NCCN(C)C1CCCC1)N1CCc2ccccc2C1.I. The fraction of sp³-hybridized carbons (Fsp3) is 0.632. The van der Waals surface area contributed by atoms with E-state index in [9.17, 15) is 0 Å². The molecule has 4 nitrogen and oxygen atoms in total. The molecule has 2 aliphatic rings. The van der Waals surface area contributed by atoms with Gasteiger partial charge in [-0.15, -0.1) is 24.0 Å². The molecule has 0 aromatic heterocycles. The average molecular weight is 442 g/mol. The minimum absolute atomic E-state index is 0. The Labute approximate surface area is 163 Å². The van der Waals surface area contributed by atoms with Crippen LogP contribution >= 0.6 is 24.0 Å². The summed E-state index contributed by atoms with van der Waals surface area (Å²) in [4.78, 5) is 9.38. The van der Waals surface area contributed by atoms with Crippen LogP contribution in [0.25, 0.3) is 0 Å². The Balaban J connectivity index is 0.00000208. The monoisotopic (exact) mass is 442 g/mol. The summed E-state index contributed by atoms with van der Waals surface area (Å²) >= 11 is 0. The van der Waals surface area contributed by atoms with E-state index < -0.39 is 0 Å². The van der Waals surface area contributed by atoms with Crippen molar-refractivity contribution in [3.8, 4) is 0 Å². The summed E-state index contributed by atoms with van der Waals surface area (Å²) in [5.41, 5.74) is 2.92. The van der Waals surface area contributed by atoms with Gasteiger partial charge in [-0.05, 0) is 37.4 Å². The van der Waals surface area contributed by atoms with E-state index in [1.165, 1.54) is 36.8 Å². The Morgan fingerprint density at radius 1 is 1.25 bits per heavy atom. The van der Waals surface area contributed by atoms with Crippen molar-refractivity contribution in [2.45, 2.75) is 44.7 Å². The lowest BCUT2D eigenvalue weighted by molar-refractivity contribution is 0.247. The molecule has 1 heterocycles. The van der Waals surface area contributed by atoms with Crippen LogP contribution in [0.5, 0.6) is 0 Å². The summed E-state index contributed by atoms with van der Waals surface area (Å²) in [5.74, 6) is 1.04. The summed E-state index contributed by atoms with van der Waals surface area (Å²) in [5, 5.41) is 3.56. The lowest BCUT2D eigenvalue weighted by atomic mass is 10.0. The Morgan fingerprint density at radius 2 is 1.96 bits per heavy atom. The number of fused-ring (bicyclic) bond motifs is 1. The second-order valence-corrected chi connectivity index (χ2v) is 6.83. The van der Waals surface area contributed by atoms with Crippen LogP contribution in [0, 0.1) is 0 Å². The maximum absolute atomic E-state index is 4.49. The van der Waals surface area contributed by atoms with Gasteiger partial charge < -0.3 is 15.1 Å². The predicted molar refractivity (Wildman–Crippen MR) is 112 cm³/mol. The van der Waals surface area contributed by atoms with Crippen LogP contribution in [0.15, 0.2) is 29.3 Å². The number of benzene rings is 1. The van der Waals surface area contributed by atoms with E-state index in [2.05, 4.69) is 51.4 Å². The first-order valence-corrected chi connectivity index (χ1v) is 9.00. The standard InChI is InChI=1S/C19H30N4.HI/c1-20-19(21-12-14-22(2)18-9-5-6-10-18)23-13-11-16-7-3-4-8-17(16)15-23;/h3-4,7-8,18H,5-6,9-15H2,1-2H3,(H,20,21);1H. The smallest absolute Gasteiger partial charge is 0.194 e. The third-order valence-corrected chi connectivity index (χ3v) is 5.34. The topological polar surface area (TPSA) is 30.9 Å². The molecule has 1 saturated carbocycles. The highest BCUT2D eigenvalue weighted by Gasteiger charge is 2.20. The van der Waals surface area contributed by atoms with Gasteiger partial charge in [0.15, 0.2) is 5.96 Å². The molecule has 0 unspecified atom stereocenters. The Hall–Kier alpha value is -0.820. The number of rotatable bonds is 4. The van der Waals surface area contributed by atoms with E-state index in [0.29, 0.717) is 0 Å². The van der Waals surface area contributed by atoms with Gasteiger partial charge in [0.25, 0.3) is 0 Å². The third-order valence-electron chi connectivity index (χ3n) is 5.34. The highest BCUT2D eigenvalue weighted by Crippen LogP contribution is 2.22.